The van der Waals surface area contributed by atoms with E-state index in [0.717, 1.165) is 29.8 Å². The molecule has 5 rings (SSSR count). The molecule has 3 heterocycles. The van der Waals surface area contributed by atoms with Crippen molar-refractivity contribution in [2.24, 2.45) is 0 Å². The summed E-state index contributed by atoms with van der Waals surface area (Å²) in [6.07, 6.45) is -3.67. The number of aromatic nitrogens is 2. The number of nitriles is 1. The van der Waals surface area contributed by atoms with E-state index in [0.29, 0.717) is 23.8 Å². The van der Waals surface area contributed by atoms with Gasteiger partial charge >= 0.3 is 6.18 Å². The second-order valence-electron chi connectivity index (χ2n) is 8.46. The Balaban J connectivity index is 1.22. The van der Waals surface area contributed by atoms with E-state index in [1.807, 2.05) is 6.07 Å². The largest absolute Gasteiger partial charge is 0.416 e. The van der Waals surface area contributed by atoms with Crippen LogP contribution in [0.15, 0.2) is 60.8 Å². The minimum absolute atomic E-state index is 0.116. The van der Waals surface area contributed by atoms with Crippen molar-refractivity contribution >= 4 is 11.9 Å². The number of ether oxygens (including phenoxy) is 2. The van der Waals surface area contributed by atoms with Gasteiger partial charge in [0.1, 0.15) is 12.2 Å². The third-order valence-electron chi connectivity index (χ3n) is 6.10. The molecule has 0 saturated carbocycles. The van der Waals surface area contributed by atoms with Crippen LogP contribution in [0.1, 0.15) is 21.5 Å². The molecule has 0 aliphatic carbocycles. The minimum atomic E-state index is -4.47. The number of halogens is 3. The van der Waals surface area contributed by atoms with Crippen LogP contribution in [0.4, 0.5) is 19.1 Å². The van der Waals surface area contributed by atoms with Crippen LogP contribution in [0.5, 0.6) is 0 Å². The first kappa shape index (κ1) is 23.7. The Kier molecular flexibility index (Phi) is 6.30. The summed E-state index contributed by atoms with van der Waals surface area (Å²) in [6.45, 7) is 0.487. The summed E-state index contributed by atoms with van der Waals surface area (Å²) < 4.78 is 50.1. The summed E-state index contributed by atoms with van der Waals surface area (Å²) in [5, 5.41) is 15.1. The molecule has 1 amide bonds. The molecular weight excluding hydrogens is 475 g/mol. The maximum Gasteiger partial charge on any atom is 0.416 e. The zero-order valence-electron chi connectivity index (χ0n) is 18.7. The molecule has 0 radical (unpaired) electrons. The molecule has 0 spiro atoms. The van der Waals surface area contributed by atoms with Gasteiger partial charge in [0.25, 0.3) is 5.91 Å². The molecule has 2 aromatic carbocycles. The maximum atomic E-state index is 12.8. The second-order valence-corrected chi connectivity index (χ2v) is 8.46. The number of hydrogen-bond acceptors (Lipinski definition) is 7. The minimum Gasteiger partial charge on any atom is -0.371 e. The fraction of sp³-hybridized carbons (Fsp3) is 0.280. The molecule has 2 fully saturated rings. The number of fused-ring (bicyclic) bond motifs is 1. The van der Waals surface area contributed by atoms with Crippen molar-refractivity contribution in [2.45, 2.75) is 30.5 Å². The average Bonchev–Trinajstić information content (AvgIpc) is 3.47. The topological polar surface area (TPSA) is 109 Å². The Morgan fingerprint density at radius 1 is 1.03 bits per heavy atom. The smallest absolute Gasteiger partial charge is 0.371 e. The van der Waals surface area contributed by atoms with Crippen molar-refractivity contribution in [3.63, 3.8) is 0 Å². The molecule has 8 nitrogen and oxygen atoms in total. The van der Waals surface area contributed by atoms with Crippen molar-refractivity contribution < 1.29 is 27.4 Å². The van der Waals surface area contributed by atoms with Crippen LogP contribution >= 0.6 is 0 Å². The number of nitrogens with one attached hydrogen (secondary N) is 2. The normalized spacial score (nSPS) is 23.1. The monoisotopic (exact) mass is 495 g/mol. The number of hydrogen-bond donors (Lipinski definition) is 2. The van der Waals surface area contributed by atoms with E-state index in [4.69, 9.17) is 14.7 Å². The number of anilines is 1. The number of nitrogens with zero attached hydrogens (tertiary/aromatic N) is 3. The van der Waals surface area contributed by atoms with Crippen LogP contribution in [0, 0.1) is 11.3 Å². The predicted octanol–water partition coefficient (Wildman–Crippen LogP) is 3.41. The Morgan fingerprint density at radius 2 is 1.75 bits per heavy atom. The third-order valence-corrected chi connectivity index (χ3v) is 6.10. The molecule has 2 saturated heterocycles. The Hall–Kier alpha value is -4.01. The van der Waals surface area contributed by atoms with Crippen LogP contribution in [0.3, 0.4) is 0 Å². The summed E-state index contributed by atoms with van der Waals surface area (Å²) in [4.78, 5) is 21.4. The maximum absolute atomic E-state index is 12.8. The summed E-state index contributed by atoms with van der Waals surface area (Å²) in [7, 11) is 0. The molecule has 4 unspecified atom stereocenters. The lowest BCUT2D eigenvalue weighted by Crippen LogP contribution is -2.44. The van der Waals surface area contributed by atoms with Gasteiger partial charge in [-0.3, -0.25) is 4.79 Å². The SMILES string of the molecule is N#Cc1cccc(-c2ccnc(NC3COC4C(NC(=O)c5ccc(C(F)(F)F)cc5)COC34)n2)c1. The van der Waals surface area contributed by atoms with Gasteiger partial charge in [-0.1, -0.05) is 12.1 Å². The van der Waals surface area contributed by atoms with E-state index in [-0.39, 0.29) is 24.3 Å². The van der Waals surface area contributed by atoms with Crippen LogP contribution in [-0.4, -0.2) is 53.4 Å². The highest BCUT2D eigenvalue weighted by Crippen LogP contribution is 2.31. The van der Waals surface area contributed by atoms with Crippen molar-refractivity contribution in [2.75, 3.05) is 18.5 Å². The molecule has 11 heteroatoms. The molecule has 2 aliphatic heterocycles. The molecule has 36 heavy (non-hydrogen) atoms. The van der Waals surface area contributed by atoms with Crippen LogP contribution in [-0.2, 0) is 15.7 Å². The Bertz CT molecular complexity index is 1310. The van der Waals surface area contributed by atoms with Crippen molar-refractivity contribution in [1.82, 2.24) is 15.3 Å². The molecule has 4 atom stereocenters. The van der Waals surface area contributed by atoms with Crippen molar-refractivity contribution in [3.8, 4) is 17.3 Å². The molecule has 0 bridgehead atoms. The lowest BCUT2D eigenvalue weighted by Gasteiger charge is -2.18. The summed E-state index contributed by atoms with van der Waals surface area (Å²) in [6, 6.07) is 14.2. The standard InChI is InChI=1S/C25H20F3N5O3/c26-25(27,28)17-6-4-15(5-7-17)23(34)31-19-12-35-22-20(13-36-21(19)22)33-24-30-9-8-18(32-24)16-3-1-2-14(10-16)11-29/h1-10,19-22H,12-13H2,(H,31,34)(H,30,32,33). The van der Waals surface area contributed by atoms with Gasteiger partial charge in [-0.25, -0.2) is 9.97 Å². The van der Waals surface area contributed by atoms with E-state index in [1.165, 1.54) is 0 Å². The van der Waals surface area contributed by atoms with Crippen molar-refractivity contribution in [3.05, 3.63) is 77.5 Å². The first-order valence-electron chi connectivity index (χ1n) is 11.1. The first-order valence-corrected chi connectivity index (χ1v) is 11.1. The highest BCUT2D eigenvalue weighted by atomic mass is 19.4. The van der Waals surface area contributed by atoms with Gasteiger partial charge in [-0.2, -0.15) is 18.4 Å². The lowest BCUT2D eigenvalue weighted by atomic mass is 10.1. The van der Waals surface area contributed by atoms with Crippen LogP contribution in [0.25, 0.3) is 11.3 Å². The number of benzene rings is 2. The highest BCUT2D eigenvalue weighted by molar-refractivity contribution is 5.94. The average molecular weight is 495 g/mol. The fourth-order valence-corrected chi connectivity index (χ4v) is 4.31. The first-order chi connectivity index (χ1) is 17.3. The van der Waals surface area contributed by atoms with Crippen molar-refractivity contribution in [1.29, 1.82) is 5.26 Å². The predicted molar refractivity (Wildman–Crippen MR) is 122 cm³/mol. The molecular formula is C25H20F3N5O3. The Morgan fingerprint density at radius 3 is 2.47 bits per heavy atom. The lowest BCUT2D eigenvalue weighted by molar-refractivity contribution is -0.137. The van der Waals surface area contributed by atoms with Gasteiger partial charge in [0.2, 0.25) is 5.95 Å². The quantitative estimate of drug-likeness (QED) is 0.558. The van der Waals surface area contributed by atoms with Gasteiger partial charge in [0, 0.05) is 17.3 Å². The van der Waals surface area contributed by atoms with E-state index in [1.54, 1.807) is 30.5 Å². The molecule has 184 valence electrons. The molecule has 1 aromatic heterocycles. The van der Waals surface area contributed by atoms with Crippen LogP contribution < -0.4 is 10.6 Å². The van der Waals surface area contributed by atoms with Gasteiger partial charge < -0.3 is 20.1 Å². The van der Waals surface area contributed by atoms with Gasteiger partial charge in [0.05, 0.1) is 48.2 Å². The van der Waals surface area contributed by atoms with Gasteiger partial charge in [0.15, 0.2) is 0 Å². The summed E-state index contributed by atoms with van der Waals surface area (Å²) in [5.41, 5.74) is 1.25. The highest BCUT2D eigenvalue weighted by Gasteiger charge is 2.48. The Labute approximate surface area is 204 Å². The molecule has 3 aromatic rings. The summed E-state index contributed by atoms with van der Waals surface area (Å²) in [5.74, 6) is -0.140. The third kappa shape index (κ3) is 4.86. The number of carbonyl (C=O) groups is 1. The van der Waals surface area contributed by atoms with E-state index < -0.39 is 29.8 Å². The zero-order chi connectivity index (χ0) is 25.3. The van der Waals surface area contributed by atoms with E-state index >= 15 is 0 Å². The molecule has 2 N–H and O–H groups in total. The molecule has 2 aliphatic rings. The second kappa shape index (κ2) is 9.56. The van der Waals surface area contributed by atoms with Gasteiger partial charge in [-0.15, -0.1) is 0 Å². The number of alkyl halides is 3. The van der Waals surface area contributed by atoms with E-state index in [2.05, 4.69) is 26.7 Å². The number of carbonyl (C=O) groups excluding carboxylic acids is 1. The number of amides is 1. The fourth-order valence-electron chi connectivity index (χ4n) is 4.31. The summed E-state index contributed by atoms with van der Waals surface area (Å²) >= 11 is 0. The van der Waals surface area contributed by atoms with E-state index in [9.17, 15) is 18.0 Å². The van der Waals surface area contributed by atoms with Gasteiger partial charge in [-0.05, 0) is 42.5 Å². The zero-order valence-corrected chi connectivity index (χ0v) is 18.7. The van der Waals surface area contributed by atoms with Crippen LogP contribution in [0.2, 0.25) is 0 Å². The number of rotatable bonds is 5.